The fraction of sp³-hybridized carbons (Fsp3) is 0.700. The molecule has 0 saturated heterocycles. The average molecular weight is 166 g/mol. The molecule has 0 aromatic carbocycles. The number of hydrogen-bond acceptors (Lipinski definition) is 2. The smallest absolute Gasteiger partial charge is 0.0485 e. The molecule has 0 unspecified atom stereocenters. The standard InChI is InChI=1S/C10H18N2/c1-3-8-12(2)9-10-6-4-5-7-11-10/h4,6H,3,5,7-9H2,1-2H3. The lowest BCUT2D eigenvalue weighted by atomic mass is 10.2. The van der Waals surface area contributed by atoms with Gasteiger partial charge in [0.1, 0.15) is 0 Å². The summed E-state index contributed by atoms with van der Waals surface area (Å²) < 4.78 is 0. The molecule has 0 radical (unpaired) electrons. The Morgan fingerprint density at radius 3 is 3.00 bits per heavy atom. The van der Waals surface area contributed by atoms with Gasteiger partial charge in [-0.15, -0.1) is 0 Å². The van der Waals surface area contributed by atoms with E-state index in [4.69, 9.17) is 0 Å². The van der Waals surface area contributed by atoms with Gasteiger partial charge in [0.15, 0.2) is 0 Å². The van der Waals surface area contributed by atoms with Crippen LogP contribution < -0.4 is 0 Å². The number of rotatable bonds is 4. The van der Waals surface area contributed by atoms with Crippen LogP contribution in [0.3, 0.4) is 0 Å². The van der Waals surface area contributed by atoms with Crippen LogP contribution >= 0.6 is 0 Å². The van der Waals surface area contributed by atoms with Crippen molar-refractivity contribution in [1.29, 1.82) is 0 Å². The van der Waals surface area contributed by atoms with E-state index in [9.17, 15) is 0 Å². The average Bonchev–Trinajstić information content (AvgIpc) is 2.06. The first-order valence-electron chi connectivity index (χ1n) is 4.71. The van der Waals surface area contributed by atoms with E-state index in [1.54, 1.807) is 0 Å². The van der Waals surface area contributed by atoms with Crippen LogP contribution in [0, 0.1) is 0 Å². The van der Waals surface area contributed by atoms with Crippen LogP contribution in [0.4, 0.5) is 0 Å². The van der Waals surface area contributed by atoms with Gasteiger partial charge in [-0.25, -0.2) is 0 Å². The second-order valence-electron chi connectivity index (χ2n) is 3.30. The van der Waals surface area contributed by atoms with E-state index in [1.807, 2.05) is 0 Å². The molecule has 2 nitrogen and oxygen atoms in total. The second-order valence-corrected chi connectivity index (χ2v) is 3.30. The van der Waals surface area contributed by atoms with Crippen LogP contribution in [0.2, 0.25) is 0 Å². The first-order valence-corrected chi connectivity index (χ1v) is 4.71. The molecule has 1 heterocycles. The summed E-state index contributed by atoms with van der Waals surface area (Å²) in [5, 5.41) is 0. The Hall–Kier alpha value is -0.630. The SMILES string of the molecule is CCCN(C)CC1=NCCC=C1. The van der Waals surface area contributed by atoms with Crippen molar-refractivity contribution in [2.24, 2.45) is 4.99 Å². The molecule has 0 saturated carbocycles. The molecule has 0 N–H and O–H groups in total. The Morgan fingerprint density at radius 2 is 2.42 bits per heavy atom. The molecule has 12 heavy (non-hydrogen) atoms. The van der Waals surface area contributed by atoms with Crippen LogP contribution in [-0.2, 0) is 0 Å². The first-order chi connectivity index (χ1) is 5.83. The molecule has 1 rings (SSSR count). The quantitative estimate of drug-likeness (QED) is 0.621. The van der Waals surface area contributed by atoms with E-state index in [-0.39, 0.29) is 0 Å². The minimum atomic E-state index is 0.978. The maximum Gasteiger partial charge on any atom is 0.0485 e. The fourth-order valence-electron chi connectivity index (χ4n) is 1.39. The molecule has 1 aliphatic rings. The number of aliphatic imine (C=N–C) groups is 1. The molecule has 68 valence electrons. The summed E-state index contributed by atoms with van der Waals surface area (Å²) in [4.78, 5) is 6.75. The minimum Gasteiger partial charge on any atom is -0.301 e. The lowest BCUT2D eigenvalue weighted by molar-refractivity contribution is 0.381. The van der Waals surface area contributed by atoms with Crippen LogP contribution in [0.5, 0.6) is 0 Å². The van der Waals surface area contributed by atoms with Gasteiger partial charge in [0.2, 0.25) is 0 Å². The molecule has 2 heteroatoms. The Bertz CT molecular complexity index is 182. The van der Waals surface area contributed by atoms with Gasteiger partial charge in [0.25, 0.3) is 0 Å². The van der Waals surface area contributed by atoms with E-state index < -0.39 is 0 Å². The third-order valence-corrected chi connectivity index (χ3v) is 1.96. The summed E-state index contributed by atoms with van der Waals surface area (Å²) in [5.74, 6) is 0. The van der Waals surface area contributed by atoms with Gasteiger partial charge in [0, 0.05) is 18.8 Å². The van der Waals surface area contributed by atoms with Crippen molar-refractivity contribution in [2.45, 2.75) is 19.8 Å². The van der Waals surface area contributed by atoms with Crippen molar-refractivity contribution in [3.05, 3.63) is 12.2 Å². The van der Waals surface area contributed by atoms with Crippen molar-refractivity contribution in [3.8, 4) is 0 Å². The number of dihydropyridines is 1. The summed E-state index contributed by atoms with van der Waals surface area (Å²) in [6, 6.07) is 0. The zero-order valence-corrected chi connectivity index (χ0v) is 8.08. The zero-order chi connectivity index (χ0) is 8.81. The van der Waals surface area contributed by atoms with Crippen molar-refractivity contribution < 1.29 is 0 Å². The number of hydrogen-bond donors (Lipinski definition) is 0. The normalized spacial score (nSPS) is 16.8. The Labute approximate surface area is 75.0 Å². The van der Waals surface area contributed by atoms with Crippen LogP contribution in [-0.4, -0.2) is 37.3 Å². The first kappa shape index (κ1) is 9.46. The molecule has 0 fully saturated rings. The molecule has 0 aliphatic carbocycles. The maximum atomic E-state index is 4.44. The zero-order valence-electron chi connectivity index (χ0n) is 8.08. The van der Waals surface area contributed by atoms with Crippen LogP contribution in [0.1, 0.15) is 19.8 Å². The molecular formula is C10H18N2. The summed E-state index contributed by atoms with van der Waals surface area (Å²) in [5.41, 5.74) is 1.23. The monoisotopic (exact) mass is 166 g/mol. The van der Waals surface area contributed by atoms with Gasteiger partial charge in [-0.05, 0) is 32.5 Å². The summed E-state index contributed by atoms with van der Waals surface area (Å²) in [6.07, 6.45) is 6.69. The van der Waals surface area contributed by atoms with Crippen molar-refractivity contribution in [2.75, 3.05) is 26.7 Å². The summed E-state index contributed by atoms with van der Waals surface area (Å²) in [7, 11) is 2.15. The highest BCUT2D eigenvalue weighted by Crippen LogP contribution is 1.98. The largest absolute Gasteiger partial charge is 0.301 e. The Morgan fingerprint density at radius 1 is 1.58 bits per heavy atom. The Balaban J connectivity index is 2.29. The van der Waals surface area contributed by atoms with Crippen molar-refractivity contribution in [3.63, 3.8) is 0 Å². The topological polar surface area (TPSA) is 15.6 Å². The molecule has 1 aliphatic heterocycles. The minimum absolute atomic E-state index is 0.978. The van der Waals surface area contributed by atoms with Gasteiger partial charge in [-0.1, -0.05) is 13.0 Å². The van der Waals surface area contributed by atoms with Gasteiger partial charge in [-0.3, -0.25) is 4.99 Å². The molecule has 0 bridgehead atoms. The molecule has 0 aromatic rings. The summed E-state index contributed by atoms with van der Waals surface area (Å²) >= 11 is 0. The van der Waals surface area contributed by atoms with Gasteiger partial charge in [0.05, 0.1) is 0 Å². The highest BCUT2D eigenvalue weighted by atomic mass is 15.1. The van der Waals surface area contributed by atoms with Crippen molar-refractivity contribution >= 4 is 5.71 Å². The van der Waals surface area contributed by atoms with Gasteiger partial charge >= 0.3 is 0 Å². The van der Waals surface area contributed by atoms with Crippen molar-refractivity contribution in [1.82, 2.24) is 4.90 Å². The van der Waals surface area contributed by atoms with E-state index in [1.165, 1.54) is 12.1 Å². The van der Waals surface area contributed by atoms with Crippen LogP contribution in [0.25, 0.3) is 0 Å². The molecule has 0 spiro atoms. The van der Waals surface area contributed by atoms with E-state index in [2.05, 4.69) is 36.0 Å². The van der Waals surface area contributed by atoms with E-state index in [0.717, 1.165) is 26.1 Å². The molecule has 0 atom stereocenters. The van der Waals surface area contributed by atoms with Gasteiger partial charge in [-0.2, -0.15) is 0 Å². The predicted octanol–water partition coefficient (Wildman–Crippen LogP) is 1.73. The number of nitrogens with zero attached hydrogens (tertiary/aromatic N) is 2. The van der Waals surface area contributed by atoms with Crippen LogP contribution in [0.15, 0.2) is 17.1 Å². The second kappa shape index (κ2) is 5.09. The van der Waals surface area contributed by atoms with Gasteiger partial charge < -0.3 is 4.90 Å². The predicted molar refractivity (Wildman–Crippen MR) is 53.8 cm³/mol. The highest BCUT2D eigenvalue weighted by molar-refractivity contribution is 5.97. The third kappa shape index (κ3) is 3.18. The maximum absolute atomic E-state index is 4.44. The molecular weight excluding hydrogens is 148 g/mol. The van der Waals surface area contributed by atoms with E-state index in [0.29, 0.717) is 0 Å². The molecule has 0 amide bonds. The lowest BCUT2D eigenvalue weighted by Gasteiger charge is -2.16. The highest BCUT2D eigenvalue weighted by Gasteiger charge is 2.02. The third-order valence-electron chi connectivity index (χ3n) is 1.96. The Kier molecular flexibility index (Phi) is 4.01. The van der Waals surface area contributed by atoms with E-state index >= 15 is 0 Å². The summed E-state index contributed by atoms with van der Waals surface area (Å²) in [6.45, 7) is 5.35. The molecule has 0 aromatic heterocycles. The fourth-order valence-corrected chi connectivity index (χ4v) is 1.39. The lowest BCUT2D eigenvalue weighted by Crippen LogP contribution is -2.26.